The van der Waals surface area contributed by atoms with E-state index in [1.165, 1.54) is 17.7 Å². The lowest BCUT2D eigenvalue weighted by atomic mass is 10.1. The van der Waals surface area contributed by atoms with Crippen molar-refractivity contribution in [1.29, 1.82) is 5.26 Å². The van der Waals surface area contributed by atoms with E-state index in [4.69, 9.17) is 5.73 Å². The van der Waals surface area contributed by atoms with E-state index in [0.717, 1.165) is 37.1 Å². The van der Waals surface area contributed by atoms with Crippen LogP contribution in [0.15, 0.2) is 58.8 Å². The van der Waals surface area contributed by atoms with Crippen molar-refractivity contribution >= 4 is 28.7 Å². The van der Waals surface area contributed by atoms with Crippen LogP contribution in [0.3, 0.4) is 0 Å². The number of anilines is 3. The fourth-order valence-electron chi connectivity index (χ4n) is 3.19. The number of nitrogens with zero attached hydrogens (tertiary/aromatic N) is 4. The molecule has 0 spiro atoms. The van der Waals surface area contributed by atoms with Gasteiger partial charge in [-0.15, -0.1) is 5.11 Å². The number of nitrogen functional groups attached to an aromatic ring is 1. The molecule has 3 aromatic rings. The highest BCUT2D eigenvalue weighted by molar-refractivity contribution is 5.76. The second kappa shape index (κ2) is 10.1. The number of aryl methyl sites for hydroxylation is 1. The van der Waals surface area contributed by atoms with Gasteiger partial charge in [0.15, 0.2) is 5.82 Å². The summed E-state index contributed by atoms with van der Waals surface area (Å²) in [5.74, 6) is 0.274. The molecule has 0 radical (unpaired) electrons. The number of nitrogens with one attached hydrogen (secondary N) is 1. The first kappa shape index (κ1) is 23.7. The molecule has 2 aromatic carbocycles. The molecule has 0 aliphatic heterocycles. The molecule has 3 N–H and O–H groups in total. The van der Waals surface area contributed by atoms with Gasteiger partial charge in [0.25, 0.3) is 0 Å². The minimum atomic E-state index is -4.49. The number of benzene rings is 2. The monoisotopic (exact) mass is 452 g/mol. The second-order valence-corrected chi connectivity index (χ2v) is 7.48. The molecule has 33 heavy (non-hydrogen) atoms. The first-order valence-electron chi connectivity index (χ1n) is 10.4. The summed E-state index contributed by atoms with van der Waals surface area (Å²) >= 11 is 0. The summed E-state index contributed by atoms with van der Waals surface area (Å²) in [5, 5.41) is 20.6. The van der Waals surface area contributed by atoms with Crippen molar-refractivity contribution < 1.29 is 13.2 Å². The van der Waals surface area contributed by atoms with Crippen molar-refractivity contribution in [2.75, 3.05) is 11.1 Å². The zero-order valence-corrected chi connectivity index (χ0v) is 18.2. The minimum absolute atomic E-state index is 0.0192. The number of alkyl halides is 3. The highest BCUT2D eigenvalue weighted by Gasteiger charge is 2.30. The van der Waals surface area contributed by atoms with Gasteiger partial charge in [-0.05, 0) is 55.7 Å². The molecule has 0 unspecified atom stereocenters. The topological polar surface area (TPSA) is 99.4 Å². The molecule has 0 aliphatic rings. The molecule has 0 atom stereocenters. The molecule has 0 aliphatic carbocycles. The van der Waals surface area contributed by atoms with Gasteiger partial charge in [-0.1, -0.05) is 31.5 Å². The summed E-state index contributed by atoms with van der Waals surface area (Å²) in [4.78, 5) is 4.25. The molecule has 9 heteroatoms. The zero-order valence-electron chi connectivity index (χ0n) is 18.2. The van der Waals surface area contributed by atoms with E-state index in [-0.39, 0.29) is 28.6 Å². The Bertz CT molecular complexity index is 1190. The van der Waals surface area contributed by atoms with E-state index < -0.39 is 11.7 Å². The smallest absolute Gasteiger partial charge is 0.383 e. The first-order chi connectivity index (χ1) is 15.7. The Morgan fingerprint density at radius 1 is 1.12 bits per heavy atom. The lowest BCUT2D eigenvalue weighted by Gasteiger charge is -2.13. The standard InChI is InChI=1S/C24H23F3N6/c1-3-4-6-16-9-11-18(12-10-16)30-23-21(15(2)20(14-28)22(29)31-23)33-32-19-8-5-7-17(13-19)24(25,26)27/h5,7-13H,3-4,6H2,1-2H3,(H3,29,30,31). The highest BCUT2D eigenvalue weighted by Crippen LogP contribution is 2.36. The maximum atomic E-state index is 13.0. The molecule has 0 amide bonds. The van der Waals surface area contributed by atoms with Gasteiger partial charge in [0.2, 0.25) is 0 Å². The van der Waals surface area contributed by atoms with Crippen LogP contribution in [-0.2, 0) is 12.6 Å². The molecule has 3 rings (SSSR count). The number of halogens is 3. The maximum Gasteiger partial charge on any atom is 0.416 e. The molecule has 0 saturated carbocycles. The molecular formula is C24H23F3N6. The summed E-state index contributed by atoms with van der Waals surface area (Å²) in [6.45, 7) is 3.77. The Kier molecular flexibility index (Phi) is 7.28. The van der Waals surface area contributed by atoms with Crippen molar-refractivity contribution in [3.8, 4) is 6.07 Å². The van der Waals surface area contributed by atoms with Gasteiger partial charge >= 0.3 is 6.18 Å². The first-order valence-corrected chi connectivity index (χ1v) is 10.4. The van der Waals surface area contributed by atoms with Crippen molar-refractivity contribution in [2.24, 2.45) is 10.2 Å². The van der Waals surface area contributed by atoms with Crippen LogP contribution < -0.4 is 11.1 Å². The van der Waals surface area contributed by atoms with E-state index in [9.17, 15) is 18.4 Å². The predicted octanol–water partition coefficient (Wildman–Crippen LogP) is 7.36. The Morgan fingerprint density at radius 2 is 1.85 bits per heavy atom. The maximum absolute atomic E-state index is 13.0. The summed E-state index contributed by atoms with van der Waals surface area (Å²) in [5.41, 5.74) is 7.83. The summed E-state index contributed by atoms with van der Waals surface area (Å²) < 4.78 is 39.0. The van der Waals surface area contributed by atoms with Gasteiger partial charge in [0.05, 0.1) is 16.8 Å². The van der Waals surface area contributed by atoms with Crippen molar-refractivity contribution in [1.82, 2.24) is 4.98 Å². The lowest BCUT2D eigenvalue weighted by molar-refractivity contribution is -0.137. The van der Waals surface area contributed by atoms with Crippen molar-refractivity contribution in [3.05, 3.63) is 70.8 Å². The molecule has 170 valence electrons. The van der Waals surface area contributed by atoms with Gasteiger partial charge in [0, 0.05) is 11.3 Å². The number of hydrogen-bond donors (Lipinski definition) is 2. The SMILES string of the molecule is CCCCc1ccc(Nc2nc(N)c(C#N)c(C)c2N=Nc2cccc(C(F)(F)F)c2)cc1. The molecule has 1 heterocycles. The molecule has 0 bridgehead atoms. The van der Waals surface area contributed by atoms with Crippen LogP contribution in [0.5, 0.6) is 0 Å². The normalized spacial score (nSPS) is 11.5. The van der Waals surface area contributed by atoms with Crippen molar-refractivity contribution in [2.45, 2.75) is 39.3 Å². The van der Waals surface area contributed by atoms with Crippen LogP contribution in [0.1, 0.15) is 42.0 Å². The van der Waals surface area contributed by atoms with Gasteiger partial charge in [-0.2, -0.15) is 23.5 Å². The van der Waals surface area contributed by atoms with E-state index in [1.54, 1.807) is 6.92 Å². The van der Waals surface area contributed by atoms with Crippen molar-refractivity contribution in [3.63, 3.8) is 0 Å². The predicted molar refractivity (Wildman–Crippen MR) is 122 cm³/mol. The van der Waals surface area contributed by atoms with E-state index in [1.807, 2.05) is 30.3 Å². The van der Waals surface area contributed by atoms with Gasteiger partial charge in [0.1, 0.15) is 17.6 Å². The Hall–Kier alpha value is -3.93. The third kappa shape index (κ3) is 5.86. The Morgan fingerprint density at radius 3 is 2.48 bits per heavy atom. The Labute approximate surface area is 190 Å². The number of aromatic nitrogens is 1. The number of azo groups is 1. The third-order valence-electron chi connectivity index (χ3n) is 5.03. The number of rotatable bonds is 7. The average Bonchev–Trinajstić information content (AvgIpc) is 2.78. The van der Waals surface area contributed by atoms with Crippen LogP contribution in [0, 0.1) is 18.3 Å². The quantitative estimate of drug-likeness (QED) is 0.366. The minimum Gasteiger partial charge on any atom is -0.383 e. The summed E-state index contributed by atoms with van der Waals surface area (Å²) in [7, 11) is 0. The van der Waals surface area contributed by atoms with Gasteiger partial charge in [-0.25, -0.2) is 4.98 Å². The average molecular weight is 452 g/mol. The number of hydrogen-bond acceptors (Lipinski definition) is 6. The molecule has 0 fully saturated rings. The third-order valence-corrected chi connectivity index (χ3v) is 5.03. The van der Waals surface area contributed by atoms with Gasteiger partial charge in [-0.3, -0.25) is 0 Å². The second-order valence-electron chi connectivity index (χ2n) is 7.48. The number of pyridine rings is 1. The summed E-state index contributed by atoms with van der Waals surface area (Å²) in [6.07, 6.45) is -1.31. The number of nitriles is 1. The number of nitrogens with two attached hydrogens (primary N) is 1. The zero-order chi connectivity index (χ0) is 24.0. The highest BCUT2D eigenvalue weighted by atomic mass is 19.4. The van der Waals surface area contributed by atoms with Crippen LogP contribution in [0.25, 0.3) is 0 Å². The summed E-state index contributed by atoms with van der Waals surface area (Å²) in [6, 6.07) is 14.3. The van der Waals surface area contributed by atoms with Crippen LogP contribution in [0.2, 0.25) is 0 Å². The largest absolute Gasteiger partial charge is 0.416 e. The molecule has 6 nitrogen and oxygen atoms in total. The lowest BCUT2D eigenvalue weighted by Crippen LogP contribution is -2.04. The van der Waals surface area contributed by atoms with Crippen LogP contribution in [-0.4, -0.2) is 4.98 Å². The number of unbranched alkanes of at least 4 members (excludes halogenated alkanes) is 1. The van der Waals surface area contributed by atoms with Crippen LogP contribution >= 0.6 is 0 Å². The van der Waals surface area contributed by atoms with E-state index in [0.29, 0.717) is 5.56 Å². The molecular weight excluding hydrogens is 429 g/mol. The van der Waals surface area contributed by atoms with Gasteiger partial charge < -0.3 is 11.1 Å². The molecule has 0 saturated heterocycles. The Balaban J connectivity index is 1.97. The van der Waals surface area contributed by atoms with E-state index >= 15 is 0 Å². The van der Waals surface area contributed by atoms with Crippen LogP contribution in [0.4, 0.5) is 41.9 Å². The van der Waals surface area contributed by atoms with E-state index in [2.05, 4.69) is 27.5 Å². The fraction of sp³-hybridized carbons (Fsp3) is 0.250. The molecule has 1 aromatic heterocycles. The fourth-order valence-corrected chi connectivity index (χ4v) is 3.19.